The van der Waals surface area contributed by atoms with Crippen LogP contribution in [0, 0.1) is 15.2 Å². The predicted molar refractivity (Wildman–Crippen MR) is 93.8 cm³/mol. The first-order valence-corrected chi connectivity index (χ1v) is 8.28. The maximum absolute atomic E-state index is 14.1. The molecule has 1 aromatic heterocycles. The van der Waals surface area contributed by atoms with E-state index in [1.807, 2.05) is 24.3 Å². The average molecular weight is 423 g/mol. The molecule has 2 heterocycles. The molecule has 0 radical (unpaired) electrons. The second-order valence-electron chi connectivity index (χ2n) is 5.37. The Morgan fingerprint density at radius 1 is 1.09 bits per heavy atom. The van der Waals surface area contributed by atoms with Crippen LogP contribution in [0.5, 0.6) is 0 Å². The van der Waals surface area contributed by atoms with Crippen molar-refractivity contribution in [3.8, 4) is 16.9 Å². The summed E-state index contributed by atoms with van der Waals surface area (Å²) >= 11 is 2.25. The van der Waals surface area contributed by atoms with Gasteiger partial charge in [0, 0.05) is 27.3 Å². The van der Waals surface area contributed by atoms with Crippen molar-refractivity contribution in [2.45, 2.75) is 6.42 Å². The Labute approximate surface area is 145 Å². The van der Waals surface area contributed by atoms with Crippen molar-refractivity contribution in [1.29, 1.82) is 0 Å². The van der Waals surface area contributed by atoms with Crippen LogP contribution in [0.25, 0.3) is 16.9 Å². The molecule has 0 saturated carbocycles. The van der Waals surface area contributed by atoms with Gasteiger partial charge in [-0.25, -0.2) is 13.5 Å². The van der Waals surface area contributed by atoms with Crippen LogP contribution in [-0.2, 0) is 6.42 Å². The molecule has 0 bridgehead atoms. The van der Waals surface area contributed by atoms with E-state index in [1.54, 1.807) is 0 Å². The average Bonchev–Trinajstić information content (AvgIpc) is 3.11. The highest BCUT2D eigenvalue weighted by Gasteiger charge is 2.25. The van der Waals surface area contributed by atoms with Gasteiger partial charge in [-0.05, 0) is 53.3 Å². The fraction of sp³-hybridized carbons (Fsp3) is 0.118. The van der Waals surface area contributed by atoms with Crippen molar-refractivity contribution in [2.24, 2.45) is 0 Å². The number of nitrogens with one attached hydrogen (secondary N) is 1. The van der Waals surface area contributed by atoms with E-state index in [-0.39, 0.29) is 5.69 Å². The zero-order valence-corrected chi connectivity index (χ0v) is 14.1. The number of anilines is 1. The van der Waals surface area contributed by atoms with E-state index >= 15 is 0 Å². The molecule has 3 aromatic rings. The largest absolute Gasteiger partial charge is 0.369 e. The van der Waals surface area contributed by atoms with Crippen LogP contribution >= 0.6 is 22.6 Å². The van der Waals surface area contributed by atoms with Crippen LogP contribution in [0.15, 0.2) is 42.5 Å². The third-order valence-electron chi connectivity index (χ3n) is 3.91. The second-order valence-corrected chi connectivity index (χ2v) is 6.61. The first-order valence-electron chi connectivity index (χ1n) is 7.20. The molecule has 0 saturated heterocycles. The number of benzene rings is 2. The van der Waals surface area contributed by atoms with Crippen LogP contribution in [0.2, 0.25) is 0 Å². The number of aromatic nitrogens is 2. The summed E-state index contributed by atoms with van der Waals surface area (Å²) in [5, 5.41) is 7.83. The Morgan fingerprint density at radius 2 is 1.87 bits per heavy atom. The van der Waals surface area contributed by atoms with Crippen molar-refractivity contribution in [1.82, 2.24) is 9.78 Å². The summed E-state index contributed by atoms with van der Waals surface area (Å²) in [7, 11) is 0. The quantitative estimate of drug-likeness (QED) is 0.620. The molecule has 6 heteroatoms. The lowest BCUT2D eigenvalue weighted by atomic mass is 10.1. The van der Waals surface area contributed by atoms with Gasteiger partial charge in [-0.2, -0.15) is 5.10 Å². The molecule has 1 aliphatic rings. The molecular weight excluding hydrogens is 411 g/mol. The molecule has 0 amide bonds. The van der Waals surface area contributed by atoms with E-state index in [4.69, 9.17) is 0 Å². The molecule has 116 valence electrons. The number of fused-ring (bicyclic) bond motifs is 1. The van der Waals surface area contributed by atoms with E-state index in [1.165, 1.54) is 16.8 Å². The highest BCUT2D eigenvalue weighted by atomic mass is 127. The zero-order valence-electron chi connectivity index (χ0n) is 12.0. The maximum atomic E-state index is 14.1. The number of hydrogen-bond donors (Lipinski definition) is 1. The summed E-state index contributed by atoms with van der Waals surface area (Å²) in [6, 6.07) is 11.6. The van der Waals surface area contributed by atoms with Crippen molar-refractivity contribution in [3.63, 3.8) is 0 Å². The fourth-order valence-corrected chi connectivity index (χ4v) is 3.20. The van der Waals surface area contributed by atoms with Crippen LogP contribution < -0.4 is 5.32 Å². The van der Waals surface area contributed by atoms with E-state index in [0.717, 1.165) is 45.2 Å². The molecule has 2 aromatic carbocycles. The summed E-state index contributed by atoms with van der Waals surface area (Å²) in [4.78, 5) is 0. The summed E-state index contributed by atoms with van der Waals surface area (Å²) in [5.41, 5.74) is 3.14. The summed E-state index contributed by atoms with van der Waals surface area (Å²) in [5.74, 6) is -0.442. The Morgan fingerprint density at radius 3 is 2.61 bits per heavy atom. The van der Waals surface area contributed by atoms with Crippen LogP contribution in [0.4, 0.5) is 14.6 Å². The first-order chi connectivity index (χ1) is 11.1. The van der Waals surface area contributed by atoms with Crippen LogP contribution in [0.1, 0.15) is 5.56 Å². The van der Waals surface area contributed by atoms with Gasteiger partial charge in [0.1, 0.15) is 17.3 Å². The van der Waals surface area contributed by atoms with Gasteiger partial charge in [-0.1, -0.05) is 12.1 Å². The monoisotopic (exact) mass is 423 g/mol. The Bertz CT molecular complexity index is 888. The topological polar surface area (TPSA) is 29.9 Å². The zero-order chi connectivity index (χ0) is 16.0. The van der Waals surface area contributed by atoms with Crippen molar-refractivity contribution < 1.29 is 8.78 Å². The molecule has 1 N–H and O–H groups in total. The van der Waals surface area contributed by atoms with Crippen molar-refractivity contribution in [2.75, 3.05) is 11.9 Å². The minimum atomic E-state index is -0.627. The first kappa shape index (κ1) is 14.6. The van der Waals surface area contributed by atoms with Gasteiger partial charge in [-0.3, -0.25) is 0 Å². The number of nitrogens with zero attached hydrogens (tertiary/aromatic N) is 2. The number of halogens is 3. The van der Waals surface area contributed by atoms with Gasteiger partial charge in [0.15, 0.2) is 5.82 Å². The highest BCUT2D eigenvalue weighted by molar-refractivity contribution is 14.1. The summed E-state index contributed by atoms with van der Waals surface area (Å²) < 4.78 is 30.0. The van der Waals surface area contributed by atoms with Gasteiger partial charge >= 0.3 is 0 Å². The molecular formula is C17H12F2IN3. The SMILES string of the molecule is Fc1ccc(-n2nc(-c3ccc(I)cc3)c3c2NCC3)c(F)c1. The van der Waals surface area contributed by atoms with Crippen LogP contribution in [0.3, 0.4) is 0 Å². The van der Waals surface area contributed by atoms with Gasteiger partial charge in [0.2, 0.25) is 0 Å². The van der Waals surface area contributed by atoms with E-state index < -0.39 is 11.6 Å². The molecule has 0 aliphatic carbocycles. The summed E-state index contributed by atoms with van der Waals surface area (Å²) in [6.07, 6.45) is 0.833. The van der Waals surface area contributed by atoms with Gasteiger partial charge in [0.25, 0.3) is 0 Å². The molecule has 0 atom stereocenters. The van der Waals surface area contributed by atoms with Gasteiger partial charge < -0.3 is 5.32 Å². The van der Waals surface area contributed by atoms with Crippen LogP contribution in [-0.4, -0.2) is 16.3 Å². The minimum Gasteiger partial charge on any atom is -0.369 e. The Kier molecular flexibility index (Phi) is 3.56. The summed E-state index contributed by atoms with van der Waals surface area (Å²) in [6.45, 7) is 0.785. The smallest absolute Gasteiger partial charge is 0.151 e. The molecule has 0 spiro atoms. The van der Waals surface area contributed by atoms with E-state index in [2.05, 4.69) is 33.0 Å². The second kappa shape index (κ2) is 5.59. The molecule has 3 nitrogen and oxygen atoms in total. The van der Waals surface area contributed by atoms with Crippen molar-refractivity contribution >= 4 is 28.4 Å². The third kappa shape index (κ3) is 2.50. The minimum absolute atomic E-state index is 0.244. The van der Waals surface area contributed by atoms with E-state index in [9.17, 15) is 8.78 Å². The molecule has 0 unspecified atom stereocenters. The van der Waals surface area contributed by atoms with Crippen molar-refractivity contribution in [3.05, 3.63) is 63.2 Å². The molecule has 0 fully saturated rings. The Hall–Kier alpha value is -1.96. The van der Waals surface area contributed by atoms with E-state index in [0.29, 0.717) is 0 Å². The Balaban J connectivity index is 1.89. The fourth-order valence-electron chi connectivity index (χ4n) is 2.84. The van der Waals surface area contributed by atoms with Gasteiger partial charge in [0.05, 0.1) is 5.69 Å². The lowest BCUT2D eigenvalue weighted by molar-refractivity contribution is 0.574. The standard InChI is InChI=1S/C17H12F2IN3/c18-11-3-6-15(14(19)9-11)23-17-13(7-8-21-17)16(22-23)10-1-4-12(20)5-2-10/h1-6,9,21H,7-8H2. The third-order valence-corrected chi connectivity index (χ3v) is 4.63. The molecule has 23 heavy (non-hydrogen) atoms. The lowest BCUT2D eigenvalue weighted by Crippen LogP contribution is -2.06. The highest BCUT2D eigenvalue weighted by Crippen LogP contribution is 2.35. The lowest BCUT2D eigenvalue weighted by Gasteiger charge is -2.07. The normalized spacial score (nSPS) is 13.0. The van der Waals surface area contributed by atoms with Gasteiger partial charge in [-0.15, -0.1) is 0 Å². The molecule has 4 rings (SSSR count). The predicted octanol–water partition coefficient (Wildman–Crippen LogP) is 4.39. The maximum Gasteiger partial charge on any atom is 0.151 e. The number of rotatable bonds is 2. The molecule has 1 aliphatic heterocycles. The number of hydrogen-bond acceptors (Lipinski definition) is 2.